The topological polar surface area (TPSA) is 34.5 Å². The van der Waals surface area contributed by atoms with E-state index in [4.69, 9.17) is 23.1 Å². The maximum absolute atomic E-state index is 15.4. The van der Waals surface area contributed by atoms with Crippen LogP contribution in [0.4, 0.5) is 28.9 Å². The average Bonchev–Trinajstić information content (AvgIpc) is 3.37. The molecule has 0 fully saturated rings. The van der Waals surface area contributed by atoms with Gasteiger partial charge in [-0.05, 0) is 70.8 Å². The summed E-state index contributed by atoms with van der Waals surface area (Å²) < 4.78 is 59.2. The van der Waals surface area contributed by atoms with E-state index < -0.39 is 40.1 Å². The molecule has 0 atom stereocenters. The minimum absolute atomic E-state index is 0.0410. The van der Waals surface area contributed by atoms with Crippen LogP contribution < -0.4 is 0 Å². The van der Waals surface area contributed by atoms with Crippen molar-refractivity contribution in [2.75, 3.05) is 0 Å². The molecule has 0 aliphatic heterocycles. The fourth-order valence-corrected chi connectivity index (χ4v) is 6.19. The van der Waals surface area contributed by atoms with Crippen LogP contribution in [0.25, 0.3) is 43.3 Å². The van der Waals surface area contributed by atoms with Gasteiger partial charge >= 0.3 is 0 Å². The van der Waals surface area contributed by atoms with Crippen LogP contribution in [0.2, 0.25) is 0 Å². The van der Waals surface area contributed by atoms with Gasteiger partial charge in [-0.1, -0.05) is 60.7 Å². The lowest BCUT2D eigenvalue weighted by molar-refractivity contribution is 0.595. The number of fused-ring (bicyclic) bond motifs is 3. The number of pyridine rings is 2. The summed E-state index contributed by atoms with van der Waals surface area (Å²) in [4.78, 5) is 15.9. The lowest BCUT2D eigenvalue weighted by Crippen LogP contribution is -2.31. The Hall–Kier alpha value is -6.12. The first kappa shape index (κ1) is 27.7. The molecule has 0 N–H and O–H groups in total. The molecule has 0 unspecified atom stereocenters. The summed E-state index contributed by atoms with van der Waals surface area (Å²) >= 11 is 0. The molecule has 1 aliphatic carbocycles. The van der Waals surface area contributed by atoms with Gasteiger partial charge in [-0.3, -0.25) is 9.97 Å². The summed E-state index contributed by atoms with van der Waals surface area (Å²) in [6.07, 6.45) is 0. The van der Waals surface area contributed by atoms with E-state index in [9.17, 15) is 8.78 Å². The van der Waals surface area contributed by atoms with E-state index in [2.05, 4.69) is 9.69 Å². The van der Waals surface area contributed by atoms with Gasteiger partial charge < -0.3 is 0 Å². The maximum Gasteiger partial charge on any atom is 0.257 e. The number of halogens is 4. The van der Waals surface area contributed by atoms with Crippen molar-refractivity contribution in [1.82, 2.24) is 9.97 Å². The van der Waals surface area contributed by atoms with Crippen molar-refractivity contribution in [3.8, 4) is 33.6 Å². The summed E-state index contributed by atoms with van der Waals surface area (Å²) in [7, 11) is 0. The molecule has 0 amide bonds. The molecule has 0 saturated carbocycles. The van der Waals surface area contributed by atoms with Crippen molar-refractivity contribution in [3.05, 3.63) is 178 Å². The Morgan fingerprint density at radius 2 is 0.889 bits per heavy atom. The highest BCUT2D eigenvalue weighted by Gasteiger charge is 2.48. The van der Waals surface area contributed by atoms with Crippen molar-refractivity contribution in [2.45, 2.75) is 5.41 Å². The highest BCUT2D eigenvalue weighted by atomic mass is 19.1. The molecular weight excluding hydrogens is 576 g/mol. The number of rotatable bonds is 4. The predicted molar refractivity (Wildman–Crippen MR) is 163 cm³/mol. The van der Waals surface area contributed by atoms with Crippen molar-refractivity contribution >= 4 is 11.4 Å². The molecular formula is C37H18F4N4. The average molecular weight is 595 g/mol. The molecule has 0 radical (unpaired) electrons. The van der Waals surface area contributed by atoms with Crippen molar-refractivity contribution < 1.29 is 17.6 Å². The normalized spacial score (nSPS) is 12.6. The molecule has 0 spiro atoms. The first-order valence-corrected chi connectivity index (χ1v) is 13.8. The van der Waals surface area contributed by atoms with Gasteiger partial charge in [0.2, 0.25) is 0 Å². The molecule has 1 aliphatic rings. The van der Waals surface area contributed by atoms with E-state index in [0.717, 1.165) is 34.4 Å². The highest BCUT2D eigenvalue weighted by molar-refractivity contribution is 5.86. The van der Waals surface area contributed by atoms with Crippen molar-refractivity contribution in [2.24, 2.45) is 0 Å². The van der Waals surface area contributed by atoms with E-state index in [1.807, 2.05) is 48.5 Å². The maximum atomic E-state index is 15.4. The van der Waals surface area contributed by atoms with Gasteiger partial charge in [-0.25, -0.2) is 27.3 Å². The zero-order chi connectivity index (χ0) is 31.3. The van der Waals surface area contributed by atoms with Gasteiger partial charge in [-0.2, -0.15) is 0 Å². The van der Waals surface area contributed by atoms with Crippen LogP contribution in [0.3, 0.4) is 0 Å². The monoisotopic (exact) mass is 594 g/mol. The van der Waals surface area contributed by atoms with Crippen LogP contribution >= 0.6 is 0 Å². The molecule has 4 aromatic carbocycles. The second-order valence-corrected chi connectivity index (χ2v) is 10.4. The van der Waals surface area contributed by atoms with Crippen LogP contribution in [0.1, 0.15) is 22.5 Å². The Labute approximate surface area is 255 Å². The molecule has 8 heteroatoms. The summed E-state index contributed by atoms with van der Waals surface area (Å²) in [5, 5.41) is 0. The largest absolute Gasteiger partial charge is 0.257 e. The highest BCUT2D eigenvalue weighted by Crippen LogP contribution is 2.55. The van der Waals surface area contributed by atoms with Crippen LogP contribution in [0.15, 0.2) is 109 Å². The number of hydrogen-bond acceptors (Lipinski definition) is 2. The van der Waals surface area contributed by atoms with Gasteiger partial charge in [0, 0.05) is 11.1 Å². The summed E-state index contributed by atoms with van der Waals surface area (Å²) in [6, 6.07) is 30.2. The lowest BCUT2D eigenvalue weighted by Gasteiger charge is -2.32. The molecule has 2 heterocycles. The number of hydrogen-bond donors (Lipinski definition) is 0. The standard InChI is InChI=1S/C37H18F4N4/c1-42-35-27(38)19-17-23(33(35)40)29-13-7-15-31(44-29)37(25-11-5-3-9-21(25)22-10-4-6-12-26(22)37)32-16-8-14-30(45-32)24-18-20-28(39)36(43-2)34(24)41/h3-20H. The molecule has 45 heavy (non-hydrogen) atoms. The predicted octanol–water partition coefficient (Wildman–Crippen LogP) is 9.83. The summed E-state index contributed by atoms with van der Waals surface area (Å²) in [5.74, 6) is -3.96. The van der Waals surface area contributed by atoms with Crippen LogP contribution in [-0.4, -0.2) is 9.97 Å². The van der Waals surface area contributed by atoms with Gasteiger partial charge in [0.05, 0.1) is 35.9 Å². The quantitative estimate of drug-likeness (QED) is 0.150. The summed E-state index contributed by atoms with van der Waals surface area (Å²) in [5.41, 5.74) is 2.04. The Bertz CT molecular complexity index is 2100. The molecule has 0 bridgehead atoms. The fourth-order valence-electron chi connectivity index (χ4n) is 6.19. The van der Waals surface area contributed by atoms with E-state index in [-0.39, 0.29) is 22.5 Å². The smallest absolute Gasteiger partial charge is 0.251 e. The third-order valence-corrected chi connectivity index (χ3v) is 8.13. The lowest BCUT2D eigenvalue weighted by atomic mass is 9.72. The zero-order valence-corrected chi connectivity index (χ0v) is 23.2. The number of benzene rings is 4. The van der Waals surface area contributed by atoms with Gasteiger partial charge in [0.15, 0.2) is 0 Å². The minimum Gasteiger partial charge on any atom is -0.251 e. The van der Waals surface area contributed by atoms with E-state index in [1.54, 1.807) is 36.4 Å². The summed E-state index contributed by atoms with van der Waals surface area (Å²) in [6.45, 7) is 14.5. The van der Waals surface area contributed by atoms with Crippen molar-refractivity contribution in [1.29, 1.82) is 0 Å². The third kappa shape index (κ3) is 4.04. The van der Waals surface area contributed by atoms with Crippen LogP contribution in [0.5, 0.6) is 0 Å². The van der Waals surface area contributed by atoms with Crippen LogP contribution in [-0.2, 0) is 5.41 Å². The third-order valence-electron chi connectivity index (χ3n) is 8.13. The van der Waals surface area contributed by atoms with Gasteiger partial charge in [0.1, 0.15) is 28.7 Å². The number of aromatic nitrogens is 2. The van der Waals surface area contributed by atoms with E-state index >= 15 is 8.78 Å². The first-order valence-electron chi connectivity index (χ1n) is 13.8. The van der Waals surface area contributed by atoms with Gasteiger partial charge in [-0.15, -0.1) is 0 Å². The Balaban J connectivity index is 1.54. The van der Waals surface area contributed by atoms with Crippen LogP contribution in [0, 0.1) is 36.4 Å². The molecule has 214 valence electrons. The van der Waals surface area contributed by atoms with E-state index in [0.29, 0.717) is 11.4 Å². The molecule has 7 rings (SSSR count). The fraction of sp³-hybridized carbons (Fsp3) is 0.0270. The van der Waals surface area contributed by atoms with Crippen molar-refractivity contribution in [3.63, 3.8) is 0 Å². The van der Waals surface area contributed by atoms with Gasteiger partial charge in [0.25, 0.3) is 11.4 Å². The number of nitrogens with zero attached hydrogens (tertiary/aromatic N) is 4. The first-order chi connectivity index (χ1) is 21.9. The molecule has 6 aromatic rings. The SMILES string of the molecule is [C-]#[N+]c1c(F)ccc(-c2cccc(C3(c4cccc(-c5ccc(F)c([N+]#[C-])c5F)n4)c4ccccc4-c4ccccc43)n2)c1F. The zero-order valence-electron chi connectivity index (χ0n) is 23.2. The van der Waals surface area contributed by atoms with E-state index in [1.165, 1.54) is 12.1 Å². The molecule has 2 aromatic heterocycles. The Kier molecular flexibility index (Phi) is 6.49. The Morgan fingerprint density at radius 1 is 0.467 bits per heavy atom. The minimum atomic E-state index is -1.18. The second kappa shape index (κ2) is 10.6. The Morgan fingerprint density at radius 3 is 1.31 bits per heavy atom. The second-order valence-electron chi connectivity index (χ2n) is 10.4. The molecule has 0 saturated heterocycles. The molecule has 4 nitrogen and oxygen atoms in total.